The average molecular weight is 456 g/mol. The lowest BCUT2D eigenvalue weighted by atomic mass is 9.97. The van der Waals surface area contributed by atoms with Crippen molar-refractivity contribution < 1.29 is 4.84 Å². The van der Waals surface area contributed by atoms with Gasteiger partial charge in [-0.05, 0) is 55.9 Å². The summed E-state index contributed by atoms with van der Waals surface area (Å²) in [5, 5.41) is 9.89. The van der Waals surface area contributed by atoms with Gasteiger partial charge in [-0.15, -0.1) is 16.4 Å². The molecule has 0 fully saturated rings. The molecule has 0 atom stereocenters. The third kappa shape index (κ3) is 3.20. The first kappa shape index (κ1) is 17.8. The summed E-state index contributed by atoms with van der Waals surface area (Å²) >= 11 is 5.23. The van der Waals surface area contributed by atoms with Gasteiger partial charge in [0, 0.05) is 9.35 Å². The summed E-state index contributed by atoms with van der Waals surface area (Å²) in [5.41, 5.74) is 4.11. The second-order valence-corrected chi connectivity index (χ2v) is 8.89. The quantitative estimate of drug-likeness (QED) is 0.323. The Bertz CT molecular complexity index is 1190. The fourth-order valence-electron chi connectivity index (χ4n) is 3.59. The molecule has 1 aliphatic carbocycles. The predicted molar refractivity (Wildman–Crippen MR) is 114 cm³/mol. The van der Waals surface area contributed by atoms with Gasteiger partial charge in [0.15, 0.2) is 18.1 Å². The number of hydrogen-bond donors (Lipinski definition) is 0. The first-order valence-electron chi connectivity index (χ1n) is 9.26. The van der Waals surface area contributed by atoms with Gasteiger partial charge >= 0.3 is 0 Å². The van der Waals surface area contributed by atoms with Gasteiger partial charge in [0.05, 0.1) is 11.1 Å². The van der Waals surface area contributed by atoms with Crippen LogP contribution in [0.3, 0.4) is 0 Å². The number of oxime groups is 1. The van der Waals surface area contributed by atoms with Crippen LogP contribution in [0.5, 0.6) is 0 Å². The normalized spacial score (nSPS) is 14.6. The van der Waals surface area contributed by atoms with E-state index in [1.807, 2.05) is 31.2 Å². The van der Waals surface area contributed by atoms with Crippen molar-refractivity contribution in [3.05, 3.63) is 56.9 Å². The zero-order chi connectivity index (χ0) is 19.1. The summed E-state index contributed by atoms with van der Waals surface area (Å²) in [6.45, 7) is 2.15. The largest absolute Gasteiger partial charge is 0.387 e. The van der Waals surface area contributed by atoms with E-state index in [2.05, 4.69) is 31.2 Å². The molecule has 0 saturated heterocycles. The van der Waals surface area contributed by atoms with Gasteiger partial charge < -0.3 is 4.84 Å². The Hall–Kier alpha value is -2.32. The highest BCUT2D eigenvalue weighted by Gasteiger charge is 2.20. The van der Waals surface area contributed by atoms with Gasteiger partial charge in [-0.1, -0.05) is 33.2 Å². The van der Waals surface area contributed by atoms with Crippen LogP contribution in [0.1, 0.15) is 41.6 Å². The summed E-state index contributed by atoms with van der Waals surface area (Å²) in [4.78, 5) is 17.3. The Morgan fingerprint density at radius 2 is 2.07 bits per heavy atom. The van der Waals surface area contributed by atoms with Crippen LogP contribution >= 0.6 is 27.3 Å². The van der Waals surface area contributed by atoms with E-state index in [1.54, 1.807) is 22.2 Å². The summed E-state index contributed by atoms with van der Waals surface area (Å²) in [6, 6.07) is 7.96. The molecule has 5 rings (SSSR count). The molecule has 8 heteroatoms. The standard InChI is InChI=1S/C20H18BrN5OS/c1-12(13-6-8-14(21)9-7-13)25-27-10-17-23-19-18-15-4-2-3-5-16(15)28-20(18)22-11-26(19)24-17/h6-9,11H,2-5,10H2,1H3/b25-12-. The van der Waals surface area contributed by atoms with Crippen LogP contribution in [-0.2, 0) is 24.3 Å². The van der Waals surface area contributed by atoms with E-state index < -0.39 is 0 Å². The first-order chi connectivity index (χ1) is 13.7. The molecule has 0 amide bonds. The van der Waals surface area contributed by atoms with Crippen LogP contribution in [-0.4, -0.2) is 25.3 Å². The Labute approximate surface area is 174 Å². The summed E-state index contributed by atoms with van der Waals surface area (Å²) in [6.07, 6.45) is 6.49. The Kier molecular flexibility index (Phi) is 4.60. The first-order valence-corrected chi connectivity index (χ1v) is 10.9. The Balaban J connectivity index is 1.41. The van der Waals surface area contributed by atoms with Crippen LogP contribution in [0.15, 0.2) is 40.2 Å². The summed E-state index contributed by atoms with van der Waals surface area (Å²) in [7, 11) is 0. The zero-order valence-electron chi connectivity index (χ0n) is 15.4. The zero-order valence-corrected chi connectivity index (χ0v) is 17.8. The molecule has 1 aromatic carbocycles. The molecule has 3 aromatic heterocycles. The minimum absolute atomic E-state index is 0.226. The molecule has 0 bridgehead atoms. The molecule has 0 saturated carbocycles. The molecule has 1 aliphatic rings. The predicted octanol–water partition coefficient (Wildman–Crippen LogP) is 4.92. The maximum atomic E-state index is 5.52. The van der Waals surface area contributed by atoms with E-state index in [0.717, 1.165) is 44.5 Å². The van der Waals surface area contributed by atoms with Crippen LogP contribution < -0.4 is 0 Å². The number of nitrogens with zero attached hydrogens (tertiary/aromatic N) is 5. The third-order valence-corrected chi connectivity index (χ3v) is 6.72. The van der Waals surface area contributed by atoms with Gasteiger partial charge in [-0.3, -0.25) is 0 Å². The van der Waals surface area contributed by atoms with E-state index in [0.29, 0.717) is 5.82 Å². The van der Waals surface area contributed by atoms with E-state index >= 15 is 0 Å². The highest BCUT2D eigenvalue weighted by Crippen LogP contribution is 2.36. The number of aryl methyl sites for hydroxylation is 2. The number of halogens is 1. The maximum absolute atomic E-state index is 5.52. The van der Waals surface area contributed by atoms with Crippen LogP contribution in [0.25, 0.3) is 15.9 Å². The molecule has 28 heavy (non-hydrogen) atoms. The fraction of sp³-hybridized carbons (Fsp3) is 0.300. The van der Waals surface area contributed by atoms with Crippen molar-refractivity contribution >= 4 is 48.8 Å². The van der Waals surface area contributed by atoms with Gasteiger partial charge in [0.1, 0.15) is 11.2 Å². The highest BCUT2D eigenvalue weighted by molar-refractivity contribution is 9.10. The average Bonchev–Trinajstić information content (AvgIpc) is 3.28. The second kappa shape index (κ2) is 7.25. The minimum Gasteiger partial charge on any atom is -0.387 e. The Morgan fingerprint density at radius 1 is 1.25 bits per heavy atom. The number of rotatable bonds is 4. The molecule has 0 unspecified atom stereocenters. The molecule has 0 N–H and O–H groups in total. The van der Waals surface area contributed by atoms with E-state index in [9.17, 15) is 0 Å². The monoisotopic (exact) mass is 455 g/mol. The van der Waals surface area contributed by atoms with Crippen molar-refractivity contribution in [2.24, 2.45) is 5.16 Å². The van der Waals surface area contributed by atoms with E-state index in [4.69, 9.17) is 9.82 Å². The van der Waals surface area contributed by atoms with Crippen LogP contribution in [0.2, 0.25) is 0 Å². The maximum Gasteiger partial charge on any atom is 0.192 e. The number of thiophene rings is 1. The Morgan fingerprint density at radius 3 is 2.93 bits per heavy atom. The van der Waals surface area contributed by atoms with Gasteiger partial charge in [0.25, 0.3) is 0 Å². The van der Waals surface area contributed by atoms with Crippen molar-refractivity contribution in [3.63, 3.8) is 0 Å². The van der Waals surface area contributed by atoms with Crippen molar-refractivity contribution in [2.75, 3.05) is 0 Å². The number of hydrogen-bond acceptors (Lipinski definition) is 6. The lowest BCUT2D eigenvalue weighted by Crippen LogP contribution is -1.99. The summed E-state index contributed by atoms with van der Waals surface area (Å²) < 4.78 is 2.79. The topological polar surface area (TPSA) is 64.7 Å². The van der Waals surface area contributed by atoms with Crippen molar-refractivity contribution in [2.45, 2.75) is 39.2 Å². The van der Waals surface area contributed by atoms with Crippen molar-refractivity contribution in [1.82, 2.24) is 19.6 Å². The van der Waals surface area contributed by atoms with Gasteiger partial charge in [0.2, 0.25) is 0 Å². The van der Waals surface area contributed by atoms with Crippen LogP contribution in [0.4, 0.5) is 0 Å². The number of aromatic nitrogens is 4. The summed E-state index contributed by atoms with van der Waals surface area (Å²) in [5.74, 6) is 0.609. The number of fused-ring (bicyclic) bond motifs is 5. The molecule has 6 nitrogen and oxygen atoms in total. The van der Waals surface area contributed by atoms with Crippen molar-refractivity contribution in [3.8, 4) is 0 Å². The SMILES string of the molecule is C/C(=N/OCc1nc2c3c4c(sc3ncn2n1)CCCC4)c1ccc(Br)cc1. The second-order valence-electron chi connectivity index (χ2n) is 6.89. The van der Waals surface area contributed by atoms with Gasteiger partial charge in [-0.25, -0.2) is 14.5 Å². The van der Waals surface area contributed by atoms with E-state index in [-0.39, 0.29) is 6.61 Å². The van der Waals surface area contributed by atoms with Crippen LogP contribution in [0, 0.1) is 0 Å². The van der Waals surface area contributed by atoms with Crippen molar-refractivity contribution in [1.29, 1.82) is 0 Å². The molecular weight excluding hydrogens is 438 g/mol. The molecule has 142 valence electrons. The number of benzene rings is 1. The molecule has 3 heterocycles. The molecule has 0 spiro atoms. The smallest absolute Gasteiger partial charge is 0.192 e. The highest BCUT2D eigenvalue weighted by atomic mass is 79.9. The van der Waals surface area contributed by atoms with E-state index in [1.165, 1.54) is 23.3 Å². The lowest BCUT2D eigenvalue weighted by molar-refractivity contribution is 0.125. The molecular formula is C20H18BrN5OS. The molecule has 0 aliphatic heterocycles. The fourth-order valence-corrected chi connectivity index (χ4v) is 5.08. The third-order valence-electron chi connectivity index (χ3n) is 4.99. The lowest BCUT2D eigenvalue weighted by Gasteiger charge is -2.09. The molecule has 4 aromatic rings. The van der Waals surface area contributed by atoms with Gasteiger partial charge in [-0.2, -0.15) is 0 Å². The minimum atomic E-state index is 0.226. The molecule has 0 radical (unpaired) electrons.